The van der Waals surface area contributed by atoms with E-state index >= 15 is 0 Å². The number of carboxylic acids is 1. The molecule has 0 spiro atoms. The van der Waals surface area contributed by atoms with Gasteiger partial charge in [-0.05, 0) is 64.6 Å². The van der Waals surface area contributed by atoms with Crippen molar-refractivity contribution in [3.63, 3.8) is 0 Å². The van der Waals surface area contributed by atoms with E-state index in [0.29, 0.717) is 12.1 Å². The lowest BCUT2D eigenvalue weighted by atomic mass is 9.72. The summed E-state index contributed by atoms with van der Waals surface area (Å²) in [5, 5.41) is 16.1. The zero-order valence-corrected chi connectivity index (χ0v) is 19.5. The van der Waals surface area contributed by atoms with Gasteiger partial charge in [0.1, 0.15) is 0 Å². The predicted octanol–water partition coefficient (Wildman–Crippen LogP) is 5.19. The summed E-state index contributed by atoms with van der Waals surface area (Å²) < 4.78 is 0. The second-order valence-electron chi connectivity index (χ2n) is 10.3. The average Bonchev–Trinajstić information content (AvgIpc) is 3.18. The number of carboxylic acid groups (broad SMARTS) is 1. The van der Waals surface area contributed by atoms with Crippen LogP contribution in [0.2, 0.25) is 0 Å². The molecule has 2 aliphatic heterocycles. The SMILES string of the molecule is CC1(C)Cc2cc(C(=O)O)ccc2NC1c1cccc([C@H]2C(=O)NCC2Cc2ccccc2)c1. The van der Waals surface area contributed by atoms with Gasteiger partial charge >= 0.3 is 5.97 Å². The summed E-state index contributed by atoms with van der Waals surface area (Å²) in [4.78, 5) is 24.3. The molecule has 1 amide bonds. The van der Waals surface area contributed by atoms with Crippen LogP contribution in [0.3, 0.4) is 0 Å². The Labute approximate surface area is 200 Å². The zero-order chi connectivity index (χ0) is 23.9. The molecule has 3 aromatic carbocycles. The minimum Gasteiger partial charge on any atom is -0.478 e. The van der Waals surface area contributed by atoms with Crippen molar-refractivity contribution in [2.24, 2.45) is 11.3 Å². The quantitative estimate of drug-likeness (QED) is 0.496. The molecule has 0 radical (unpaired) electrons. The molecule has 34 heavy (non-hydrogen) atoms. The second kappa shape index (κ2) is 8.64. The van der Waals surface area contributed by atoms with E-state index in [0.717, 1.165) is 35.2 Å². The van der Waals surface area contributed by atoms with Gasteiger partial charge in [0, 0.05) is 12.2 Å². The molecule has 2 aliphatic rings. The Balaban J connectivity index is 1.44. The Hall–Kier alpha value is -3.60. The topological polar surface area (TPSA) is 78.4 Å². The Morgan fingerprint density at radius 3 is 2.53 bits per heavy atom. The number of hydrogen-bond donors (Lipinski definition) is 3. The molecule has 174 valence electrons. The molecule has 2 unspecified atom stereocenters. The third kappa shape index (κ3) is 4.18. The highest BCUT2D eigenvalue weighted by molar-refractivity contribution is 5.89. The van der Waals surface area contributed by atoms with Gasteiger partial charge < -0.3 is 15.7 Å². The van der Waals surface area contributed by atoms with E-state index in [1.54, 1.807) is 12.1 Å². The molecule has 3 atom stereocenters. The van der Waals surface area contributed by atoms with Crippen LogP contribution >= 0.6 is 0 Å². The lowest BCUT2D eigenvalue weighted by Crippen LogP contribution is -2.35. The van der Waals surface area contributed by atoms with Crippen LogP contribution in [0.1, 0.15) is 58.4 Å². The molecule has 0 bridgehead atoms. The van der Waals surface area contributed by atoms with Crippen molar-refractivity contribution in [1.29, 1.82) is 0 Å². The summed E-state index contributed by atoms with van der Waals surface area (Å²) in [6.45, 7) is 5.09. The summed E-state index contributed by atoms with van der Waals surface area (Å²) in [6, 6.07) is 24.1. The molecule has 0 saturated carbocycles. The van der Waals surface area contributed by atoms with Crippen molar-refractivity contribution in [1.82, 2.24) is 5.32 Å². The van der Waals surface area contributed by atoms with Gasteiger partial charge in [-0.3, -0.25) is 4.79 Å². The minimum absolute atomic E-state index is 0.0488. The van der Waals surface area contributed by atoms with Crippen molar-refractivity contribution >= 4 is 17.6 Å². The zero-order valence-electron chi connectivity index (χ0n) is 19.5. The number of anilines is 1. The van der Waals surface area contributed by atoms with Crippen LogP contribution in [0.4, 0.5) is 5.69 Å². The van der Waals surface area contributed by atoms with E-state index in [2.05, 4.69) is 60.9 Å². The van der Waals surface area contributed by atoms with Crippen LogP contribution in [0.25, 0.3) is 0 Å². The number of benzene rings is 3. The Bertz CT molecular complexity index is 1240. The average molecular weight is 455 g/mol. The molecule has 0 aliphatic carbocycles. The number of fused-ring (bicyclic) bond motifs is 1. The third-order valence-electron chi connectivity index (χ3n) is 7.32. The molecule has 5 rings (SSSR count). The number of carbonyl (C=O) groups excluding carboxylic acids is 1. The number of carbonyl (C=O) groups is 2. The lowest BCUT2D eigenvalue weighted by molar-refractivity contribution is -0.120. The van der Waals surface area contributed by atoms with Crippen molar-refractivity contribution in [3.8, 4) is 0 Å². The van der Waals surface area contributed by atoms with Gasteiger partial charge in [0.25, 0.3) is 0 Å². The number of hydrogen-bond acceptors (Lipinski definition) is 3. The maximum Gasteiger partial charge on any atom is 0.335 e. The maximum absolute atomic E-state index is 12.9. The van der Waals surface area contributed by atoms with E-state index in [1.165, 1.54) is 5.56 Å². The fourth-order valence-electron chi connectivity index (χ4n) is 5.63. The molecule has 1 saturated heterocycles. The number of aromatic carboxylic acids is 1. The fourth-order valence-corrected chi connectivity index (χ4v) is 5.63. The monoisotopic (exact) mass is 454 g/mol. The maximum atomic E-state index is 12.9. The largest absolute Gasteiger partial charge is 0.478 e. The summed E-state index contributed by atoms with van der Waals surface area (Å²) in [5.41, 5.74) is 5.62. The Morgan fingerprint density at radius 1 is 1.00 bits per heavy atom. The molecule has 3 N–H and O–H groups in total. The fraction of sp³-hybridized carbons (Fsp3) is 0.310. The first-order valence-corrected chi connectivity index (χ1v) is 11.9. The van der Waals surface area contributed by atoms with Crippen LogP contribution in [-0.2, 0) is 17.6 Å². The van der Waals surface area contributed by atoms with E-state index in [1.807, 2.05) is 24.3 Å². The highest BCUT2D eigenvalue weighted by Crippen LogP contribution is 2.45. The van der Waals surface area contributed by atoms with Crippen molar-refractivity contribution < 1.29 is 14.7 Å². The number of rotatable bonds is 5. The van der Waals surface area contributed by atoms with Gasteiger partial charge in [-0.1, -0.05) is 68.4 Å². The highest BCUT2D eigenvalue weighted by Gasteiger charge is 2.39. The predicted molar refractivity (Wildman–Crippen MR) is 133 cm³/mol. The standard InChI is InChI=1S/C29H30N2O3/c1-29(2)16-22-15-21(28(33)34)11-12-24(22)31-26(29)20-10-6-9-19(14-20)25-23(17-30-27(25)32)13-18-7-4-3-5-8-18/h3-12,14-15,23,25-26,31H,13,16-17H2,1-2H3,(H,30,32)(H,33,34)/t23?,25-,26?/m1/s1. The molecule has 5 heteroatoms. The summed E-state index contributed by atoms with van der Waals surface area (Å²) in [6.07, 6.45) is 1.63. The summed E-state index contributed by atoms with van der Waals surface area (Å²) >= 11 is 0. The van der Waals surface area contributed by atoms with Crippen molar-refractivity contribution in [2.45, 2.75) is 38.6 Å². The molecule has 2 heterocycles. The first kappa shape index (κ1) is 22.2. The van der Waals surface area contributed by atoms with Gasteiger partial charge in [0.2, 0.25) is 5.91 Å². The van der Waals surface area contributed by atoms with Gasteiger partial charge in [-0.2, -0.15) is 0 Å². The molecule has 5 nitrogen and oxygen atoms in total. The van der Waals surface area contributed by atoms with Crippen molar-refractivity contribution in [2.75, 3.05) is 11.9 Å². The van der Waals surface area contributed by atoms with E-state index in [-0.39, 0.29) is 29.2 Å². The molecule has 3 aromatic rings. The molecule has 1 fully saturated rings. The van der Waals surface area contributed by atoms with E-state index < -0.39 is 5.97 Å². The van der Waals surface area contributed by atoms with Crippen LogP contribution in [0.15, 0.2) is 72.8 Å². The first-order valence-electron chi connectivity index (χ1n) is 11.9. The smallest absolute Gasteiger partial charge is 0.335 e. The third-order valence-corrected chi connectivity index (χ3v) is 7.32. The van der Waals surface area contributed by atoms with E-state index in [4.69, 9.17) is 0 Å². The molecule has 0 aromatic heterocycles. The minimum atomic E-state index is -0.907. The Kier molecular flexibility index (Phi) is 5.64. The highest BCUT2D eigenvalue weighted by atomic mass is 16.4. The lowest BCUT2D eigenvalue weighted by Gasteiger charge is -2.41. The number of amides is 1. The normalized spacial score (nSPS) is 23.0. The van der Waals surface area contributed by atoms with Gasteiger partial charge in [-0.15, -0.1) is 0 Å². The van der Waals surface area contributed by atoms with Crippen LogP contribution < -0.4 is 10.6 Å². The molecular formula is C29H30N2O3. The summed E-state index contributed by atoms with van der Waals surface area (Å²) in [5.74, 6) is -0.763. The van der Waals surface area contributed by atoms with Gasteiger partial charge in [0.15, 0.2) is 0 Å². The van der Waals surface area contributed by atoms with Crippen LogP contribution in [0, 0.1) is 11.3 Å². The Morgan fingerprint density at radius 2 is 1.76 bits per heavy atom. The van der Waals surface area contributed by atoms with Gasteiger partial charge in [-0.25, -0.2) is 4.79 Å². The van der Waals surface area contributed by atoms with E-state index in [9.17, 15) is 14.7 Å². The second-order valence-corrected chi connectivity index (χ2v) is 10.3. The first-order chi connectivity index (χ1) is 16.3. The van der Waals surface area contributed by atoms with Gasteiger partial charge in [0.05, 0.1) is 17.5 Å². The molecular weight excluding hydrogens is 424 g/mol. The van der Waals surface area contributed by atoms with Crippen molar-refractivity contribution in [3.05, 3.63) is 101 Å². The van der Waals surface area contributed by atoms with Crippen LogP contribution in [0.5, 0.6) is 0 Å². The summed E-state index contributed by atoms with van der Waals surface area (Å²) in [7, 11) is 0. The number of nitrogens with one attached hydrogen (secondary N) is 2. The van der Waals surface area contributed by atoms with Crippen LogP contribution in [-0.4, -0.2) is 23.5 Å².